The van der Waals surface area contributed by atoms with E-state index in [1.54, 1.807) is 0 Å². The first kappa shape index (κ1) is 15.9. The maximum Gasteiger partial charge on any atom is 0.0205 e. The molecule has 1 saturated carbocycles. The van der Waals surface area contributed by atoms with Crippen LogP contribution in [-0.2, 0) is 6.54 Å². The van der Waals surface area contributed by atoms with Gasteiger partial charge in [0.1, 0.15) is 0 Å². The molecule has 1 aliphatic rings. The summed E-state index contributed by atoms with van der Waals surface area (Å²) in [5.74, 6) is 1.79. The van der Waals surface area contributed by atoms with Gasteiger partial charge >= 0.3 is 0 Å². The number of rotatable bonds is 6. The zero-order chi connectivity index (χ0) is 14.4. The Morgan fingerprint density at radius 3 is 2.30 bits per heavy atom. The molecule has 0 spiro atoms. The summed E-state index contributed by atoms with van der Waals surface area (Å²) in [4.78, 5) is 1.44. The molecule has 0 heterocycles. The molecule has 0 radical (unpaired) electrons. The average Bonchev–Trinajstić information content (AvgIpc) is 2.40. The number of benzene rings is 1. The highest BCUT2D eigenvalue weighted by molar-refractivity contribution is 8.00. The summed E-state index contributed by atoms with van der Waals surface area (Å²) in [6.07, 6.45) is 5.38. The van der Waals surface area contributed by atoms with Gasteiger partial charge in [-0.15, -0.1) is 11.8 Å². The molecule has 0 saturated heterocycles. The summed E-state index contributed by atoms with van der Waals surface area (Å²) in [6, 6.07) is 9.16. The molecular formula is C18H29NS. The van der Waals surface area contributed by atoms with E-state index in [-0.39, 0.29) is 0 Å². The zero-order valence-corrected chi connectivity index (χ0v) is 14.0. The summed E-state index contributed by atoms with van der Waals surface area (Å²) < 4.78 is 0. The van der Waals surface area contributed by atoms with Crippen molar-refractivity contribution in [2.45, 2.75) is 63.1 Å². The van der Waals surface area contributed by atoms with Crippen LogP contribution in [0.4, 0.5) is 0 Å². The Hall–Kier alpha value is -0.470. The van der Waals surface area contributed by atoms with Crippen molar-refractivity contribution in [1.29, 1.82) is 0 Å². The quantitative estimate of drug-likeness (QED) is 0.732. The molecule has 2 rings (SSSR count). The lowest BCUT2D eigenvalue weighted by atomic mass is 9.83. The molecule has 2 unspecified atom stereocenters. The van der Waals surface area contributed by atoms with E-state index in [1.807, 2.05) is 0 Å². The predicted octanol–water partition coefficient (Wildman–Crippen LogP) is 5.10. The first-order valence-corrected chi connectivity index (χ1v) is 9.01. The topological polar surface area (TPSA) is 12.0 Å². The molecular weight excluding hydrogens is 262 g/mol. The van der Waals surface area contributed by atoms with Gasteiger partial charge in [-0.3, -0.25) is 0 Å². The summed E-state index contributed by atoms with van der Waals surface area (Å²) in [6.45, 7) is 9.13. The smallest absolute Gasteiger partial charge is 0.0205 e. The van der Waals surface area contributed by atoms with E-state index in [0.717, 1.165) is 30.2 Å². The molecule has 0 aliphatic heterocycles. The lowest BCUT2D eigenvalue weighted by Crippen LogP contribution is -2.21. The first-order chi connectivity index (χ1) is 9.67. The highest BCUT2D eigenvalue weighted by atomic mass is 32.2. The predicted molar refractivity (Wildman–Crippen MR) is 90.3 cm³/mol. The van der Waals surface area contributed by atoms with E-state index < -0.39 is 0 Å². The first-order valence-electron chi connectivity index (χ1n) is 8.13. The Bertz CT molecular complexity index is 377. The van der Waals surface area contributed by atoms with Crippen molar-refractivity contribution in [2.75, 3.05) is 6.54 Å². The summed E-state index contributed by atoms with van der Waals surface area (Å²) >= 11 is 2.09. The molecule has 0 bridgehead atoms. The lowest BCUT2D eigenvalue weighted by molar-refractivity contribution is 0.309. The highest BCUT2D eigenvalue weighted by Crippen LogP contribution is 2.38. The minimum absolute atomic E-state index is 0.817. The van der Waals surface area contributed by atoms with Crippen LogP contribution in [0.25, 0.3) is 0 Å². The largest absolute Gasteiger partial charge is 0.313 e. The maximum absolute atomic E-state index is 3.46. The van der Waals surface area contributed by atoms with Gasteiger partial charge in [-0.2, -0.15) is 0 Å². The fourth-order valence-electron chi connectivity index (χ4n) is 3.26. The van der Waals surface area contributed by atoms with Gasteiger partial charge in [-0.25, -0.2) is 0 Å². The SMILES string of the molecule is CCCNCc1ccc(SC2CC(C)CC(C)C2)cc1. The Balaban J connectivity index is 1.83. The van der Waals surface area contributed by atoms with Crippen LogP contribution in [0.15, 0.2) is 29.2 Å². The Kier molecular flexibility index (Phi) is 6.44. The van der Waals surface area contributed by atoms with Crippen molar-refractivity contribution in [3.63, 3.8) is 0 Å². The van der Waals surface area contributed by atoms with Crippen LogP contribution in [-0.4, -0.2) is 11.8 Å². The van der Waals surface area contributed by atoms with Crippen LogP contribution in [0.5, 0.6) is 0 Å². The summed E-state index contributed by atoms with van der Waals surface area (Å²) in [5, 5.41) is 4.27. The van der Waals surface area contributed by atoms with Crippen LogP contribution >= 0.6 is 11.8 Å². The Labute approximate surface area is 128 Å². The van der Waals surface area contributed by atoms with E-state index in [1.165, 1.54) is 36.1 Å². The van der Waals surface area contributed by atoms with Crippen LogP contribution in [0.3, 0.4) is 0 Å². The van der Waals surface area contributed by atoms with Gasteiger partial charge in [0.25, 0.3) is 0 Å². The molecule has 1 aromatic carbocycles. The number of hydrogen-bond acceptors (Lipinski definition) is 2. The Morgan fingerprint density at radius 1 is 1.05 bits per heavy atom. The third-order valence-electron chi connectivity index (χ3n) is 4.12. The molecule has 2 atom stereocenters. The van der Waals surface area contributed by atoms with Crippen molar-refractivity contribution in [1.82, 2.24) is 5.32 Å². The van der Waals surface area contributed by atoms with Gasteiger partial charge in [0.15, 0.2) is 0 Å². The molecule has 0 aromatic heterocycles. The molecule has 1 N–H and O–H groups in total. The van der Waals surface area contributed by atoms with Crippen molar-refractivity contribution in [3.05, 3.63) is 29.8 Å². The van der Waals surface area contributed by atoms with Gasteiger partial charge in [0, 0.05) is 16.7 Å². The summed E-state index contributed by atoms with van der Waals surface area (Å²) in [5.41, 5.74) is 1.40. The molecule has 20 heavy (non-hydrogen) atoms. The highest BCUT2D eigenvalue weighted by Gasteiger charge is 2.24. The van der Waals surface area contributed by atoms with E-state index in [9.17, 15) is 0 Å². The fraction of sp³-hybridized carbons (Fsp3) is 0.667. The monoisotopic (exact) mass is 291 g/mol. The normalized spacial score (nSPS) is 26.6. The zero-order valence-electron chi connectivity index (χ0n) is 13.2. The molecule has 112 valence electrons. The van der Waals surface area contributed by atoms with Gasteiger partial charge in [0.05, 0.1) is 0 Å². The van der Waals surface area contributed by atoms with Gasteiger partial charge < -0.3 is 5.32 Å². The number of thioether (sulfide) groups is 1. The minimum Gasteiger partial charge on any atom is -0.313 e. The van der Waals surface area contributed by atoms with Crippen LogP contribution in [0.2, 0.25) is 0 Å². The van der Waals surface area contributed by atoms with E-state index in [0.29, 0.717) is 0 Å². The third kappa shape index (κ3) is 5.14. The van der Waals surface area contributed by atoms with E-state index in [4.69, 9.17) is 0 Å². The molecule has 1 aromatic rings. The van der Waals surface area contributed by atoms with Crippen molar-refractivity contribution in [2.24, 2.45) is 11.8 Å². The van der Waals surface area contributed by atoms with Gasteiger partial charge in [-0.05, 0) is 61.8 Å². The second-order valence-corrected chi connectivity index (χ2v) is 7.85. The second-order valence-electron chi connectivity index (χ2n) is 6.48. The minimum atomic E-state index is 0.817. The molecule has 1 aliphatic carbocycles. The van der Waals surface area contributed by atoms with E-state index >= 15 is 0 Å². The standard InChI is InChI=1S/C18H29NS/c1-4-9-19-13-16-5-7-17(8-6-16)20-18-11-14(2)10-15(3)12-18/h5-8,14-15,18-19H,4,9-13H2,1-3H3. The van der Waals surface area contributed by atoms with Crippen LogP contribution in [0, 0.1) is 11.8 Å². The van der Waals surface area contributed by atoms with Crippen LogP contribution < -0.4 is 5.32 Å². The van der Waals surface area contributed by atoms with Crippen molar-refractivity contribution >= 4 is 11.8 Å². The number of hydrogen-bond donors (Lipinski definition) is 1. The van der Waals surface area contributed by atoms with Crippen LogP contribution in [0.1, 0.15) is 52.0 Å². The van der Waals surface area contributed by atoms with Gasteiger partial charge in [-0.1, -0.05) is 32.9 Å². The summed E-state index contributed by atoms with van der Waals surface area (Å²) in [7, 11) is 0. The maximum atomic E-state index is 3.46. The molecule has 1 fully saturated rings. The molecule has 2 heteroatoms. The Morgan fingerprint density at radius 2 is 1.70 bits per heavy atom. The number of nitrogens with one attached hydrogen (secondary N) is 1. The fourth-order valence-corrected chi connectivity index (χ4v) is 4.78. The van der Waals surface area contributed by atoms with Crippen molar-refractivity contribution < 1.29 is 0 Å². The lowest BCUT2D eigenvalue weighted by Gasteiger charge is -2.31. The van der Waals surface area contributed by atoms with E-state index in [2.05, 4.69) is 62.1 Å². The van der Waals surface area contributed by atoms with Gasteiger partial charge in [0.2, 0.25) is 0 Å². The molecule has 1 nitrogen and oxygen atoms in total. The average molecular weight is 292 g/mol. The second kappa shape index (κ2) is 8.09. The third-order valence-corrected chi connectivity index (χ3v) is 5.38. The molecule has 0 amide bonds. The van der Waals surface area contributed by atoms with Crippen molar-refractivity contribution in [3.8, 4) is 0 Å².